The highest BCUT2D eigenvalue weighted by Crippen LogP contribution is 2.33. The lowest BCUT2D eigenvalue weighted by Crippen LogP contribution is -2.40. The summed E-state index contributed by atoms with van der Waals surface area (Å²) in [5.41, 5.74) is 1.24. The van der Waals surface area contributed by atoms with Crippen LogP contribution < -0.4 is 14.8 Å². The Labute approximate surface area is 181 Å². The molecule has 0 fully saturated rings. The first-order valence-corrected chi connectivity index (χ1v) is 11.2. The van der Waals surface area contributed by atoms with Gasteiger partial charge in [0.1, 0.15) is 6.61 Å². The predicted molar refractivity (Wildman–Crippen MR) is 118 cm³/mol. The minimum absolute atomic E-state index is 0.157. The molecule has 0 spiro atoms. The highest BCUT2D eigenvalue weighted by Gasteiger charge is 2.28. The third-order valence-electron chi connectivity index (χ3n) is 4.67. The number of carbonyl (C=O) groups is 1. The average molecular weight is 436 g/mol. The zero-order valence-electron chi connectivity index (χ0n) is 15.8. The van der Waals surface area contributed by atoms with Crippen molar-refractivity contribution in [2.45, 2.75) is 16.2 Å². The maximum Gasteiger partial charge on any atom is 0.270 e. The summed E-state index contributed by atoms with van der Waals surface area (Å²) in [5, 5.41) is 14.0. The van der Waals surface area contributed by atoms with Crippen LogP contribution in [0.2, 0.25) is 0 Å². The molecule has 30 heavy (non-hydrogen) atoms. The van der Waals surface area contributed by atoms with Gasteiger partial charge >= 0.3 is 0 Å². The van der Waals surface area contributed by atoms with E-state index < -0.39 is 6.10 Å². The van der Waals surface area contributed by atoms with Crippen LogP contribution in [-0.2, 0) is 10.5 Å². The summed E-state index contributed by atoms with van der Waals surface area (Å²) in [7, 11) is 0. The van der Waals surface area contributed by atoms with E-state index in [1.54, 1.807) is 17.8 Å². The van der Waals surface area contributed by atoms with Crippen LogP contribution in [0.5, 0.6) is 11.5 Å². The van der Waals surface area contributed by atoms with Gasteiger partial charge in [-0.2, -0.15) is 0 Å². The smallest absolute Gasteiger partial charge is 0.270 e. The van der Waals surface area contributed by atoms with Gasteiger partial charge < -0.3 is 9.47 Å². The van der Waals surface area contributed by atoms with Gasteiger partial charge in [0.25, 0.3) is 5.91 Å². The van der Waals surface area contributed by atoms with Gasteiger partial charge in [-0.25, -0.2) is 0 Å². The number of benzene rings is 3. The molecule has 0 unspecified atom stereocenters. The van der Waals surface area contributed by atoms with Crippen molar-refractivity contribution in [2.75, 3.05) is 11.9 Å². The zero-order chi connectivity index (χ0) is 20.3. The van der Waals surface area contributed by atoms with E-state index in [0.29, 0.717) is 16.6 Å². The molecule has 1 aromatic heterocycles. The van der Waals surface area contributed by atoms with Gasteiger partial charge in [-0.3, -0.25) is 10.1 Å². The first-order valence-electron chi connectivity index (χ1n) is 9.38. The van der Waals surface area contributed by atoms with Crippen molar-refractivity contribution >= 4 is 44.9 Å². The number of hydrogen-bond donors (Lipinski definition) is 1. The van der Waals surface area contributed by atoms with Gasteiger partial charge in [-0.15, -0.1) is 10.2 Å². The second-order valence-electron chi connectivity index (χ2n) is 6.65. The zero-order valence-corrected chi connectivity index (χ0v) is 17.4. The van der Waals surface area contributed by atoms with Crippen molar-refractivity contribution in [3.05, 3.63) is 72.3 Å². The first-order chi connectivity index (χ1) is 14.8. The SMILES string of the molecule is O=C(Nc1nnc(SCc2cccc3ccccc23)s1)[C@@H]1COc2ccccc2O1. The summed E-state index contributed by atoms with van der Waals surface area (Å²) in [6.07, 6.45) is -0.726. The summed E-state index contributed by atoms with van der Waals surface area (Å²) in [6.45, 7) is 0.157. The minimum Gasteiger partial charge on any atom is -0.485 e. The Morgan fingerprint density at radius 1 is 1.03 bits per heavy atom. The molecule has 1 amide bonds. The van der Waals surface area contributed by atoms with Crippen molar-refractivity contribution < 1.29 is 14.3 Å². The molecule has 4 aromatic rings. The fourth-order valence-electron chi connectivity index (χ4n) is 3.21. The average Bonchev–Trinajstić information content (AvgIpc) is 3.24. The maximum atomic E-state index is 12.5. The van der Waals surface area contributed by atoms with Gasteiger partial charge in [-0.05, 0) is 28.5 Å². The summed E-state index contributed by atoms with van der Waals surface area (Å²) >= 11 is 2.95. The van der Waals surface area contributed by atoms with Gasteiger partial charge in [0.2, 0.25) is 11.2 Å². The van der Waals surface area contributed by atoms with Crippen LogP contribution in [-0.4, -0.2) is 28.8 Å². The molecule has 0 bridgehead atoms. The van der Waals surface area contributed by atoms with E-state index in [4.69, 9.17) is 9.47 Å². The second kappa shape index (κ2) is 8.33. The predicted octanol–water partition coefficient (Wildman–Crippen LogP) is 4.76. The lowest BCUT2D eigenvalue weighted by Gasteiger charge is -2.25. The highest BCUT2D eigenvalue weighted by atomic mass is 32.2. The summed E-state index contributed by atoms with van der Waals surface area (Å²) in [6, 6.07) is 21.9. The number of nitrogens with zero attached hydrogens (tertiary/aromatic N) is 2. The minimum atomic E-state index is -0.726. The summed E-state index contributed by atoms with van der Waals surface area (Å²) in [5.74, 6) is 1.68. The second-order valence-corrected chi connectivity index (χ2v) is 8.85. The third-order valence-corrected chi connectivity index (χ3v) is 6.69. The molecule has 0 aliphatic carbocycles. The van der Waals surface area contributed by atoms with Crippen LogP contribution in [0.4, 0.5) is 5.13 Å². The molecule has 1 atom stereocenters. The molecule has 0 saturated carbocycles. The molecular formula is C22H17N3O3S2. The Balaban J connectivity index is 1.21. The lowest BCUT2D eigenvalue weighted by atomic mass is 10.1. The van der Waals surface area contributed by atoms with Crippen LogP contribution in [0.25, 0.3) is 10.8 Å². The van der Waals surface area contributed by atoms with Crippen molar-refractivity contribution in [1.29, 1.82) is 0 Å². The Kier molecular flexibility index (Phi) is 5.25. The normalized spacial score (nSPS) is 15.1. The molecule has 3 aromatic carbocycles. The van der Waals surface area contributed by atoms with Crippen LogP contribution in [0.15, 0.2) is 71.1 Å². The van der Waals surface area contributed by atoms with E-state index >= 15 is 0 Å². The van der Waals surface area contributed by atoms with Crippen molar-refractivity contribution in [3.8, 4) is 11.5 Å². The van der Waals surface area contributed by atoms with E-state index in [2.05, 4.69) is 45.8 Å². The number of aromatic nitrogens is 2. The number of thioether (sulfide) groups is 1. The molecule has 8 heteroatoms. The van der Waals surface area contributed by atoms with Crippen LogP contribution >= 0.6 is 23.1 Å². The van der Waals surface area contributed by atoms with E-state index in [1.807, 2.05) is 30.3 Å². The van der Waals surface area contributed by atoms with E-state index in [-0.39, 0.29) is 12.5 Å². The number of para-hydroxylation sites is 2. The number of amides is 1. The van der Waals surface area contributed by atoms with Crippen molar-refractivity contribution in [3.63, 3.8) is 0 Å². The lowest BCUT2D eigenvalue weighted by molar-refractivity contribution is -0.125. The highest BCUT2D eigenvalue weighted by molar-refractivity contribution is 8.00. The largest absolute Gasteiger partial charge is 0.485 e. The number of nitrogens with one attached hydrogen (secondary N) is 1. The van der Waals surface area contributed by atoms with Crippen LogP contribution in [0, 0.1) is 0 Å². The van der Waals surface area contributed by atoms with Crippen molar-refractivity contribution in [2.24, 2.45) is 0 Å². The molecule has 0 saturated heterocycles. The van der Waals surface area contributed by atoms with Gasteiger partial charge in [0, 0.05) is 5.75 Å². The number of hydrogen-bond acceptors (Lipinski definition) is 7. The molecule has 150 valence electrons. The fourth-order valence-corrected chi connectivity index (χ4v) is 4.97. The fraction of sp³-hybridized carbons (Fsp3) is 0.136. The first kappa shape index (κ1) is 18.9. The molecule has 1 aliphatic heterocycles. The van der Waals surface area contributed by atoms with E-state index in [1.165, 1.54) is 27.7 Å². The topological polar surface area (TPSA) is 73.3 Å². The molecule has 1 N–H and O–H groups in total. The third kappa shape index (κ3) is 3.96. The molecule has 1 aliphatic rings. The Hall–Kier alpha value is -3.10. The number of fused-ring (bicyclic) bond motifs is 2. The van der Waals surface area contributed by atoms with Crippen molar-refractivity contribution in [1.82, 2.24) is 10.2 Å². The Morgan fingerprint density at radius 2 is 1.83 bits per heavy atom. The number of carbonyl (C=O) groups excluding carboxylic acids is 1. The van der Waals surface area contributed by atoms with Gasteiger partial charge in [0.15, 0.2) is 15.8 Å². The van der Waals surface area contributed by atoms with Crippen LogP contribution in [0.1, 0.15) is 5.56 Å². The quantitative estimate of drug-likeness (QED) is 0.360. The molecule has 0 radical (unpaired) electrons. The number of ether oxygens (including phenoxy) is 2. The molecule has 5 rings (SSSR count). The van der Waals surface area contributed by atoms with Crippen LogP contribution in [0.3, 0.4) is 0 Å². The van der Waals surface area contributed by atoms with E-state index in [9.17, 15) is 4.79 Å². The maximum absolute atomic E-state index is 12.5. The molecule has 6 nitrogen and oxygen atoms in total. The molecule has 2 heterocycles. The summed E-state index contributed by atoms with van der Waals surface area (Å²) < 4.78 is 12.1. The Bertz CT molecular complexity index is 1210. The summed E-state index contributed by atoms with van der Waals surface area (Å²) in [4.78, 5) is 12.5. The Morgan fingerprint density at radius 3 is 2.77 bits per heavy atom. The van der Waals surface area contributed by atoms with Gasteiger partial charge in [-0.1, -0.05) is 77.7 Å². The van der Waals surface area contributed by atoms with E-state index in [0.717, 1.165) is 10.1 Å². The number of rotatable bonds is 5. The number of anilines is 1. The monoisotopic (exact) mass is 435 g/mol. The standard InChI is InChI=1S/C22H17N3O3S2/c26-20(19-12-27-17-10-3-4-11-18(17)28-19)23-21-24-25-22(30-21)29-13-15-8-5-7-14-6-1-2-9-16(14)15/h1-11,19H,12-13H2,(H,23,24,26)/t19-/m0/s1. The van der Waals surface area contributed by atoms with Gasteiger partial charge in [0.05, 0.1) is 0 Å². The molecular weight excluding hydrogens is 418 g/mol.